The summed E-state index contributed by atoms with van der Waals surface area (Å²) in [4.78, 5) is 6.42. The molecule has 0 fully saturated rings. The Kier molecular flexibility index (Phi) is 4.89. The number of hydrogen-bond donors (Lipinski definition) is 0. The summed E-state index contributed by atoms with van der Waals surface area (Å²) in [5, 5.41) is 8.97. The number of pyridine rings is 1. The van der Waals surface area contributed by atoms with Gasteiger partial charge >= 0.3 is 0 Å². The van der Waals surface area contributed by atoms with E-state index in [9.17, 15) is 0 Å². The highest BCUT2D eigenvalue weighted by atomic mass is 127. The van der Waals surface area contributed by atoms with Crippen molar-refractivity contribution in [3.8, 4) is 6.07 Å². The van der Waals surface area contributed by atoms with Gasteiger partial charge in [-0.1, -0.05) is 12.1 Å². The molecule has 0 atom stereocenters. The molecule has 0 radical (unpaired) electrons. The summed E-state index contributed by atoms with van der Waals surface area (Å²) in [5.74, 6) is 0. The highest BCUT2D eigenvalue weighted by molar-refractivity contribution is 14.1. The van der Waals surface area contributed by atoms with E-state index in [0.29, 0.717) is 5.56 Å². The van der Waals surface area contributed by atoms with Crippen LogP contribution in [0.5, 0.6) is 0 Å². The Hall–Kier alpha value is -2.39. The Morgan fingerprint density at radius 3 is 2.30 bits per heavy atom. The van der Waals surface area contributed by atoms with Gasteiger partial charge in [0.15, 0.2) is 0 Å². The SMILES string of the molecule is N#Cc1ccc(N(Cc2ccc(I)cc2)c2cccnc2)cc1. The van der Waals surface area contributed by atoms with Crippen molar-refractivity contribution in [3.05, 3.63) is 87.8 Å². The van der Waals surface area contributed by atoms with Gasteiger partial charge in [0.05, 0.1) is 23.5 Å². The van der Waals surface area contributed by atoms with E-state index in [1.165, 1.54) is 9.13 Å². The van der Waals surface area contributed by atoms with Crippen molar-refractivity contribution >= 4 is 34.0 Å². The lowest BCUT2D eigenvalue weighted by molar-refractivity contribution is 0.968. The highest BCUT2D eigenvalue weighted by Crippen LogP contribution is 2.27. The molecule has 1 aromatic heterocycles. The fourth-order valence-electron chi connectivity index (χ4n) is 2.33. The smallest absolute Gasteiger partial charge is 0.0991 e. The van der Waals surface area contributed by atoms with E-state index in [0.717, 1.165) is 17.9 Å². The van der Waals surface area contributed by atoms with Crippen LogP contribution < -0.4 is 4.90 Å². The van der Waals surface area contributed by atoms with Crippen LogP contribution in [-0.2, 0) is 6.54 Å². The molecule has 0 unspecified atom stereocenters. The Balaban J connectivity index is 1.96. The Morgan fingerprint density at radius 1 is 0.957 bits per heavy atom. The summed E-state index contributed by atoms with van der Waals surface area (Å²) in [5.41, 5.74) is 3.94. The lowest BCUT2D eigenvalue weighted by atomic mass is 10.1. The summed E-state index contributed by atoms with van der Waals surface area (Å²) >= 11 is 2.31. The van der Waals surface area contributed by atoms with Crippen LogP contribution in [0.2, 0.25) is 0 Å². The maximum absolute atomic E-state index is 8.97. The van der Waals surface area contributed by atoms with Gasteiger partial charge in [-0.15, -0.1) is 0 Å². The van der Waals surface area contributed by atoms with Crippen molar-refractivity contribution in [3.63, 3.8) is 0 Å². The van der Waals surface area contributed by atoms with Crippen LogP contribution in [0, 0.1) is 14.9 Å². The zero-order valence-electron chi connectivity index (χ0n) is 12.4. The van der Waals surface area contributed by atoms with Gasteiger partial charge < -0.3 is 4.90 Å². The topological polar surface area (TPSA) is 39.9 Å². The molecule has 3 aromatic rings. The molecule has 1 heterocycles. The third kappa shape index (κ3) is 3.88. The molecule has 0 aliphatic heterocycles. The summed E-state index contributed by atoms with van der Waals surface area (Å²) in [7, 11) is 0. The molecule has 0 spiro atoms. The van der Waals surface area contributed by atoms with E-state index >= 15 is 0 Å². The van der Waals surface area contributed by atoms with Crippen LogP contribution in [0.3, 0.4) is 0 Å². The van der Waals surface area contributed by atoms with Gasteiger partial charge in [0.2, 0.25) is 0 Å². The monoisotopic (exact) mass is 411 g/mol. The molecule has 4 heteroatoms. The minimum absolute atomic E-state index is 0.661. The average Bonchev–Trinajstić information content (AvgIpc) is 2.62. The second-order valence-corrected chi connectivity index (χ2v) is 6.33. The Bertz CT molecular complexity index is 806. The van der Waals surface area contributed by atoms with E-state index in [1.54, 1.807) is 6.20 Å². The fraction of sp³-hybridized carbons (Fsp3) is 0.0526. The van der Waals surface area contributed by atoms with Crippen molar-refractivity contribution < 1.29 is 0 Å². The van der Waals surface area contributed by atoms with E-state index in [4.69, 9.17) is 5.26 Å². The number of benzene rings is 2. The molecule has 3 nitrogen and oxygen atoms in total. The number of anilines is 2. The highest BCUT2D eigenvalue weighted by Gasteiger charge is 2.10. The quantitative estimate of drug-likeness (QED) is 0.574. The minimum Gasteiger partial charge on any atom is -0.336 e. The molecule has 0 aliphatic rings. The molecule has 0 bridgehead atoms. The Morgan fingerprint density at radius 2 is 1.70 bits per heavy atom. The minimum atomic E-state index is 0.661. The van der Waals surface area contributed by atoms with E-state index in [2.05, 4.69) is 62.8 Å². The summed E-state index contributed by atoms with van der Waals surface area (Å²) in [6.45, 7) is 0.745. The lowest BCUT2D eigenvalue weighted by Gasteiger charge is -2.25. The second-order valence-electron chi connectivity index (χ2n) is 5.08. The number of hydrogen-bond acceptors (Lipinski definition) is 3. The molecule has 0 saturated heterocycles. The third-order valence-electron chi connectivity index (χ3n) is 3.52. The van der Waals surface area contributed by atoms with Crippen molar-refractivity contribution in [1.29, 1.82) is 5.26 Å². The van der Waals surface area contributed by atoms with Crippen LogP contribution in [0.4, 0.5) is 11.4 Å². The van der Waals surface area contributed by atoms with Gasteiger partial charge in [-0.05, 0) is 76.7 Å². The Labute approximate surface area is 149 Å². The van der Waals surface area contributed by atoms with Crippen molar-refractivity contribution in [2.75, 3.05) is 4.90 Å². The molecule has 2 aromatic carbocycles. The molecule has 0 amide bonds. The first kappa shape index (κ1) is 15.5. The summed E-state index contributed by atoms with van der Waals surface area (Å²) in [6.07, 6.45) is 3.62. The molecular formula is C19H14IN3. The molecular weight excluding hydrogens is 397 g/mol. The van der Waals surface area contributed by atoms with Crippen LogP contribution in [0.25, 0.3) is 0 Å². The first-order valence-corrected chi connectivity index (χ1v) is 8.26. The van der Waals surface area contributed by atoms with Crippen LogP contribution >= 0.6 is 22.6 Å². The fourth-order valence-corrected chi connectivity index (χ4v) is 2.69. The maximum atomic E-state index is 8.97. The molecule has 112 valence electrons. The molecule has 0 saturated carbocycles. The van der Waals surface area contributed by atoms with Gasteiger partial charge in [-0.3, -0.25) is 4.98 Å². The van der Waals surface area contributed by atoms with Crippen LogP contribution in [-0.4, -0.2) is 4.98 Å². The largest absolute Gasteiger partial charge is 0.336 e. The zero-order valence-corrected chi connectivity index (χ0v) is 14.5. The van der Waals surface area contributed by atoms with Gasteiger partial charge in [-0.25, -0.2) is 0 Å². The van der Waals surface area contributed by atoms with Crippen LogP contribution in [0.1, 0.15) is 11.1 Å². The van der Waals surface area contributed by atoms with Gasteiger partial charge in [0, 0.05) is 22.0 Å². The number of nitrogens with zero attached hydrogens (tertiary/aromatic N) is 3. The van der Waals surface area contributed by atoms with Crippen molar-refractivity contribution in [1.82, 2.24) is 4.98 Å². The number of nitriles is 1. The van der Waals surface area contributed by atoms with Gasteiger partial charge in [0.25, 0.3) is 0 Å². The lowest BCUT2D eigenvalue weighted by Crippen LogP contribution is -2.16. The van der Waals surface area contributed by atoms with Gasteiger partial charge in [0.1, 0.15) is 0 Å². The standard InChI is InChI=1S/C19H14IN3/c20-17-7-3-16(4-8-17)14-23(19-2-1-11-22-13-19)18-9-5-15(12-21)6-10-18/h1-11,13H,14H2. The first-order chi connectivity index (χ1) is 11.3. The third-order valence-corrected chi connectivity index (χ3v) is 4.24. The predicted molar refractivity (Wildman–Crippen MR) is 100 cm³/mol. The molecule has 0 aliphatic carbocycles. The van der Waals surface area contributed by atoms with E-state index in [1.807, 2.05) is 42.6 Å². The normalized spacial score (nSPS) is 10.1. The van der Waals surface area contributed by atoms with E-state index in [-0.39, 0.29) is 0 Å². The number of halogens is 1. The predicted octanol–water partition coefficient (Wildman–Crippen LogP) is 4.90. The molecule has 23 heavy (non-hydrogen) atoms. The van der Waals surface area contributed by atoms with E-state index < -0.39 is 0 Å². The van der Waals surface area contributed by atoms with Gasteiger partial charge in [-0.2, -0.15) is 5.26 Å². The molecule has 3 rings (SSSR count). The maximum Gasteiger partial charge on any atom is 0.0991 e. The molecule has 0 N–H and O–H groups in total. The summed E-state index contributed by atoms with van der Waals surface area (Å²) < 4.78 is 1.22. The zero-order chi connectivity index (χ0) is 16.1. The number of rotatable bonds is 4. The van der Waals surface area contributed by atoms with Crippen molar-refractivity contribution in [2.24, 2.45) is 0 Å². The first-order valence-electron chi connectivity index (χ1n) is 7.18. The second kappa shape index (κ2) is 7.25. The van der Waals surface area contributed by atoms with Crippen molar-refractivity contribution in [2.45, 2.75) is 6.54 Å². The van der Waals surface area contributed by atoms with Crippen LogP contribution in [0.15, 0.2) is 73.1 Å². The number of aromatic nitrogens is 1. The average molecular weight is 411 g/mol. The summed E-state index contributed by atoms with van der Waals surface area (Å²) in [6, 6.07) is 22.2.